The number of hydrogen-bond donors (Lipinski definition) is 1. The number of aliphatic hydroxyl groups is 1. The first kappa shape index (κ1) is 19.9. The Morgan fingerprint density at radius 3 is 2.77 bits per heavy atom. The van der Waals surface area contributed by atoms with Crippen molar-refractivity contribution in [3.05, 3.63) is 29.0 Å². The van der Waals surface area contributed by atoms with Crippen LogP contribution < -0.4 is 4.74 Å². The lowest BCUT2D eigenvalue weighted by molar-refractivity contribution is -0.0691. The molecule has 1 aromatic rings. The number of hydrogen-bond acceptors (Lipinski definition) is 4. The van der Waals surface area contributed by atoms with Gasteiger partial charge in [-0.05, 0) is 43.2 Å². The molecule has 3 rings (SSSR count). The van der Waals surface area contributed by atoms with Crippen molar-refractivity contribution in [2.24, 2.45) is 5.41 Å². The fraction of sp³-hybridized carbons (Fsp3) is 0.700. The van der Waals surface area contributed by atoms with Crippen LogP contribution >= 0.6 is 11.6 Å². The fourth-order valence-electron chi connectivity index (χ4n) is 3.88. The summed E-state index contributed by atoms with van der Waals surface area (Å²) < 4.78 is 24.6. The summed E-state index contributed by atoms with van der Waals surface area (Å²) in [6.45, 7) is 6.94. The van der Waals surface area contributed by atoms with Crippen LogP contribution in [0.2, 0.25) is 5.02 Å². The predicted molar refractivity (Wildman–Crippen MR) is 100 cm³/mol. The zero-order chi connectivity index (χ0) is 18.8. The van der Waals surface area contributed by atoms with Gasteiger partial charge in [0.1, 0.15) is 23.8 Å². The first-order chi connectivity index (χ1) is 12.3. The Hall–Kier alpha value is -0.880. The summed E-state index contributed by atoms with van der Waals surface area (Å²) in [4.78, 5) is 2.35. The van der Waals surface area contributed by atoms with Gasteiger partial charge in [-0.15, -0.1) is 0 Å². The molecule has 1 saturated heterocycles. The summed E-state index contributed by atoms with van der Waals surface area (Å²) in [6.07, 6.45) is 4.71. The molecule has 2 fully saturated rings. The molecule has 0 unspecified atom stereocenters. The molecule has 0 bridgehead atoms. The van der Waals surface area contributed by atoms with Gasteiger partial charge in [0, 0.05) is 25.2 Å². The van der Waals surface area contributed by atoms with Crippen molar-refractivity contribution >= 4 is 11.6 Å². The minimum Gasteiger partial charge on any atom is -0.490 e. The summed E-state index contributed by atoms with van der Waals surface area (Å²) >= 11 is 5.79. The van der Waals surface area contributed by atoms with Gasteiger partial charge in [-0.1, -0.05) is 25.4 Å². The van der Waals surface area contributed by atoms with Crippen molar-refractivity contribution in [2.45, 2.75) is 51.2 Å². The van der Waals surface area contributed by atoms with Crippen LogP contribution in [0, 0.1) is 11.2 Å². The highest BCUT2D eigenvalue weighted by molar-refractivity contribution is 6.30. The van der Waals surface area contributed by atoms with Gasteiger partial charge in [0.25, 0.3) is 0 Å². The molecule has 0 radical (unpaired) electrons. The van der Waals surface area contributed by atoms with Crippen molar-refractivity contribution in [2.75, 3.05) is 32.9 Å². The standard InChI is InChI=1S/C20H29ClFNO3/c1-19(2)7-5-15(6-8-19)23-9-10-25-13-20(24,12-23)14-26-16-3-4-18(22)17(21)11-16/h3-4,11,15,24H,5-10,12-14H2,1-2H3/t20-/m0/s1. The minimum atomic E-state index is -1.09. The van der Waals surface area contributed by atoms with E-state index in [1.807, 2.05) is 0 Å². The van der Waals surface area contributed by atoms with E-state index in [-0.39, 0.29) is 18.2 Å². The zero-order valence-corrected chi connectivity index (χ0v) is 16.4. The summed E-state index contributed by atoms with van der Waals surface area (Å²) in [6, 6.07) is 4.69. The third-order valence-corrected chi connectivity index (χ3v) is 5.90. The van der Waals surface area contributed by atoms with Crippen LogP contribution in [-0.4, -0.2) is 54.6 Å². The average molecular weight is 386 g/mol. The third-order valence-electron chi connectivity index (χ3n) is 5.61. The Balaban J connectivity index is 1.61. The highest BCUT2D eigenvalue weighted by atomic mass is 35.5. The lowest BCUT2D eigenvalue weighted by Crippen LogP contribution is -2.52. The molecular weight excluding hydrogens is 357 g/mol. The Bertz CT molecular complexity index is 617. The summed E-state index contributed by atoms with van der Waals surface area (Å²) in [5.74, 6) is -0.0398. The normalized spacial score (nSPS) is 27.9. The SMILES string of the molecule is CC1(C)CCC(N2CCOC[C@](O)(COc3ccc(F)c(Cl)c3)C2)CC1. The van der Waals surface area contributed by atoms with E-state index in [9.17, 15) is 9.50 Å². The number of β-amino-alcohol motifs (C(OH)–C–C–N with tert-alkyl or cyclic N) is 1. The van der Waals surface area contributed by atoms with Gasteiger partial charge >= 0.3 is 0 Å². The highest BCUT2D eigenvalue weighted by Gasteiger charge is 2.38. The van der Waals surface area contributed by atoms with Crippen molar-refractivity contribution < 1.29 is 19.0 Å². The molecule has 0 amide bonds. The van der Waals surface area contributed by atoms with Gasteiger partial charge in [-0.2, -0.15) is 0 Å². The maximum atomic E-state index is 13.3. The zero-order valence-electron chi connectivity index (χ0n) is 15.6. The van der Waals surface area contributed by atoms with E-state index >= 15 is 0 Å². The second-order valence-electron chi connectivity index (χ2n) is 8.51. The van der Waals surface area contributed by atoms with Crippen LogP contribution in [-0.2, 0) is 4.74 Å². The van der Waals surface area contributed by atoms with E-state index < -0.39 is 11.4 Å². The molecule has 1 N–H and O–H groups in total. The molecule has 1 aliphatic heterocycles. The Morgan fingerprint density at radius 2 is 2.08 bits per heavy atom. The van der Waals surface area contributed by atoms with Gasteiger partial charge in [0.2, 0.25) is 0 Å². The molecule has 6 heteroatoms. The number of halogens is 2. The van der Waals surface area contributed by atoms with Crippen LogP contribution in [0.4, 0.5) is 4.39 Å². The van der Waals surface area contributed by atoms with Crippen LogP contribution in [0.3, 0.4) is 0 Å². The van der Waals surface area contributed by atoms with E-state index in [1.165, 1.54) is 31.0 Å². The maximum Gasteiger partial charge on any atom is 0.142 e. The molecule has 0 aromatic heterocycles. The molecule has 1 aliphatic carbocycles. The van der Waals surface area contributed by atoms with Crippen LogP contribution in [0.1, 0.15) is 39.5 Å². The van der Waals surface area contributed by atoms with Gasteiger partial charge in [-0.3, -0.25) is 4.90 Å². The largest absolute Gasteiger partial charge is 0.490 e. The molecule has 1 aromatic carbocycles. The minimum absolute atomic E-state index is 0.0121. The van der Waals surface area contributed by atoms with Gasteiger partial charge in [0.05, 0.1) is 18.2 Å². The summed E-state index contributed by atoms with van der Waals surface area (Å²) in [7, 11) is 0. The molecule has 1 heterocycles. The van der Waals surface area contributed by atoms with Crippen molar-refractivity contribution in [3.8, 4) is 5.75 Å². The van der Waals surface area contributed by atoms with Crippen LogP contribution in [0.25, 0.3) is 0 Å². The van der Waals surface area contributed by atoms with Gasteiger partial charge in [0.15, 0.2) is 0 Å². The second-order valence-corrected chi connectivity index (χ2v) is 8.91. The topological polar surface area (TPSA) is 41.9 Å². The molecule has 146 valence electrons. The lowest BCUT2D eigenvalue weighted by Gasteiger charge is -2.41. The van der Waals surface area contributed by atoms with Crippen LogP contribution in [0.15, 0.2) is 18.2 Å². The van der Waals surface area contributed by atoms with E-state index in [1.54, 1.807) is 0 Å². The third kappa shape index (κ3) is 5.10. The van der Waals surface area contributed by atoms with Gasteiger partial charge < -0.3 is 14.6 Å². The number of ether oxygens (including phenoxy) is 2. The highest BCUT2D eigenvalue weighted by Crippen LogP contribution is 2.37. The predicted octanol–water partition coefficient (Wildman–Crippen LogP) is 3.89. The average Bonchev–Trinajstić information content (AvgIpc) is 2.78. The Morgan fingerprint density at radius 1 is 1.35 bits per heavy atom. The maximum absolute atomic E-state index is 13.3. The Kier molecular flexibility index (Phi) is 6.12. The number of nitrogens with zero attached hydrogens (tertiary/aromatic N) is 1. The smallest absolute Gasteiger partial charge is 0.142 e. The van der Waals surface area contributed by atoms with Crippen molar-refractivity contribution in [1.82, 2.24) is 4.90 Å². The molecular formula is C20H29ClFNO3. The molecule has 26 heavy (non-hydrogen) atoms. The molecule has 1 atom stereocenters. The molecule has 0 spiro atoms. The Labute approximate surface area is 160 Å². The quantitative estimate of drug-likeness (QED) is 0.853. The molecule has 2 aliphatic rings. The number of benzene rings is 1. The van der Waals surface area contributed by atoms with E-state index in [0.717, 1.165) is 19.4 Å². The molecule has 1 saturated carbocycles. The number of rotatable bonds is 4. The summed E-state index contributed by atoms with van der Waals surface area (Å²) in [5.41, 5.74) is -0.676. The van der Waals surface area contributed by atoms with Crippen molar-refractivity contribution in [1.29, 1.82) is 0 Å². The fourth-order valence-corrected chi connectivity index (χ4v) is 4.05. The van der Waals surface area contributed by atoms with E-state index in [4.69, 9.17) is 21.1 Å². The first-order valence-corrected chi connectivity index (χ1v) is 9.76. The monoisotopic (exact) mass is 385 g/mol. The van der Waals surface area contributed by atoms with Gasteiger partial charge in [-0.25, -0.2) is 4.39 Å². The van der Waals surface area contributed by atoms with Crippen LogP contribution in [0.5, 0.6) is 5.75 Å². The first-order valence-electron chi connectivity index (χ1n) is 9.38. The van der Waals surface area contributed by atoms with E-state index in [0.29, 0.717) is 30.4 Å². The van der Waals surface area contributed by atoms with E-state index in [2.05, 4.69) is 18.7 Å². The van der Waals surface area contributed by atoms with Crippen molar-refractivity contribution in [3.63, 3.8) is 0 Å². The second kappa shape index (κ2) is 8.01. The molecule has 4 nitrogen and oxygen atoms in total. The summed E-state index contributed by atoms with van der Waals surface area (Å²) in [5, 5.41) is 11.1. The lowest BCUT2D eigenvalue weighted by atomic mass is 9.75.